The molecular formula is C17H21NO2S. The van der Waals surface area contributed by atoms with Gasteiger partial charge < -0.3 is 9.47 Å². The van der Waals surface area contributed by atoms with Crippen molar-refractivity contribution in [1.29, 1.82) is 0 Å². The summed E-state index contributed by atoms with van der Waals surface area (Å²) < 4.78 is 11.3. The molecule has 3 nitrogen and oxygen atoms in total. The maximum atomic E-state index is 5.97. The van der Waals surface area contributed by atoms with Crippen LogP contribution < -0.4 is 4.74 Å². The molecule has 0 atom stereocenters. The molecule has 0 unspecified atom stereocenters. The van der Waals surface area contributed by atoms with Crippen LogP contribution in [0, 0.1) is 0 Å². The Balaban J connectivity index is 1.50. The van der Waals surface area contributed by atoms with Crippen molar-refractivity contribution >= 4 is 11.3 Å². The molecule has 1 fully saturated rings. The largest absolute Gasteiger partial charge is 0.456 e. The number of thiophene rings is 1. The molecule has 0 spiro atoms. The molecule has 3 rings (SSSR count). The molecule has 0 radical (unpaired) electrons. The molecular weight excluding hydrogens is 282 g/mol. The molecule has 0 bridgehead atoms. The normalized spacial score (nSPS) is 16.0. The van der Waals surface area contributed by atoms with Gasteiger partial charge in [0.1, 0.15) is 11.5 Å². The molecule has 0 N–H and O–H groups in total. The first-order valence-electron chi connectivity index (χ1n) is 7.51. The van der Waals surface area contributed by atoms with Crippen LogP contribution in [0.4, 0.5) is 0 Å². The molecule has 1 aromatic heterocycles. The van der Waals surface area contributed by atoms with E-state index in [0.717, 1.165) is 50.8 Å². The monoisotopic (exact) mass is 303 g/mol. The Labute approximate surface area is 130 Å². The van der Waals surface area contributed by atoms with Gasteiger partial charge in [-0.2, -0.15) is 0 Å². The molecule has 1 aliphatic heterocycles. The summed E-state index contributed by atoms with van der Waals surface area (Å²) in [5, 5.41) is 2.11. The highest BCUT2D eigenvalue weighted by Gasteiger charge is 2.11. The molecule has 21 heavy (non-hydrogen) atoms. The summed E-state index contributed by atoms with van der Waals surface area (Å²) in [5.41, 5.74) is 0. The summed E-state index contributed by atoms with van der Waals surface area (Å²) in [7, 11) is 0. The third-order valence-corrected chi connectivity index (χ3v) is 4.62. The Kier molecular flexibility index (Phi) is 5.27. The number of nitrogens with zero attached hydrogens (tertiary/aromatic N) is 1. The Morgan fingerprint density at radius 3 is 2.71 bits per heavy atom. The number of aryl methyl sites for hydroxylation is 1. The van der Waals surface area contributed by atoms with Crippen LogP contribution in [-0.2, 0) is 11.2 Å². The van der Waals surface area contributed by atoms with Gasteiger partial charge in [-0.1, -0.05) is 18.2 Å². The van der Waals surface area contributed by atoms with Gasteiger partial charge in [0.25, 0.3) is 0 Å². The van der Waals surface area contributed by atoms with Crippen molar-refractivity contribution in [3.63, 3.8) is 0 Å². The van der Waals surface area contributed by atoms with Crippen molar-refractivity contribution in [2.24, 2.45) is 0 Å². The predicted molar refractivity (Wildman–Crippen MR) is 86.4 cm³/mol. The number of benzene rings is 1. The van der Waals surface area contributed by atoms with E-state index in [9.17, 15) is 0 Å². The molecule has 112 valence electrons. The molecule has 0 amide bonds. The number of ether oxygens (including phenoxy) is 2. The van der Waals surface area contributed by atoms with Gasteiger partial charge in [-0.05, 0) is 43.0 Å². The first kappa shape index (κ1) is 14.6. The van der Waals surface area contributed by atoms with E-state index < -0.39 is 0 Å². The molecule has 1 aromatic carbocycles. The lowest BCUT2D eigenvalue weighted by atomic mass is 10.2. The van der Waals surface area contributed by atoms with E-state index >= 15 is 0 Å². The van der Waals surface area contributed by atoms with Crippen molar-refractivity contribution in [2.45, 2.75) is 12.8 Å². The van der Waals surface area contributed by atoms with Gasteiger partial charge in [-0.25, -0.2) is 0 Å². The second kappa shape index (κ2) is 7.59. The molecule has 2 aromatic rings. The number of hydrogen-bond acceptors (Lipinski definition) is 4. The van der Waals surface area contributed by atoms with Crippen LogP contribution in [-0.4, -0.2) is 37.7 Å². The lowest BCUT2D eigenvalue weighted by Gasteiger charge is -2.26. The highest BCUT2D eigenvalue weighted by atomic mass is 32.1. The fourth-order valence-electron chi connectivity index (χ4n) is 2.51. The Morgan fingerprint density at radius 2 is 1.90 bits per heavy atom. The zero-order valence-electron chi connectivity index (χ0n) is 12.2. The van der Waals surface area contributed by atoms with Gasteiger partial charge in [-0.3, -0.25) is 4.90 Å². The van der Waals surface area contributed by atoms with Crippen LogP contribution in [0.1, 0.15) is 11.3 Å². The van der Waals surface area contributed by atoms with Crippen LogP contribution >= 0.6 is 11.3 Å². The topological polar surface area (TPSA) is 21.7 Å². The average Bonchev–Trinajstić information content (AvgIpc) is 2.97. The summed E-state index contributed by atoms with van der Waals surface area (Å²) in [6.07, 6.45) is 2.25. The van der Waals surface area contributed by atoms with Crippen LogP contribution in [0.25, 0.3) is 0 Å². The molecule has 1 aliphatic rings. The average molecular weight is 303 g/mol. The molecule has 1 saturated heterocycles. The van der Waals surface area contributed by atoms with Crippen LogP contribution in [0.15, 0.2) is 41.8 Å². The van der Waals surface area contributed by atoms with Gasteiger partial charge in [0.05, 0.1) is 13.2 Å². The van der Waals surface area contributed by atoms with Crippen molar-refractivity contribution < 1.29 is 9.47 Å². The van der Waals surface area contributed by atoms with E-state index in [1.54, 1.807) is 11.3 Å². The molecule has 2 heterocycles. The molecule has 0 saturated carbocycles. The fraction of sp³-hybridized carbons (Fsp3) is 0.412. The third-order valence-electron chi connectivity index (χ3n) is 3.66. The van der Waals surface area contributed by atoms with Crippen LogP contribution in [0.2, 0.25) is 0 Å². The lowest BCUT2D eigenvalue weighted by Crippen LogP contribution is -2.36. The van der Waals surface area contributed by atoms with Gasteiger partial charge in [0.2, 0.25) is 0 Å². The summed E-state index contributed by atoms with van der Waals surface area (Å²) in [6, 6.07) is 12.1. The standard InChI is InChI=1S/C17H21NO2S/c1-2-5-15(6-3-1)20-16-8-14-21-17(16)7-4-9-18-10-12-19-13-11-18/h1-3,5-6,8,14H,4,7,9-13H2. The number of hydrogen-bond donors (Lipinski definition) is 0. The summed E-state index contributed by atoms with van der Waals surface area (Å²) in [6.45, 7) is 5.03. The second-order valence-electron chi connectivity index (χ2n) is 5.18. The minimum Gasteiger partial charge on any atom is -0.456 e. The summed E-state index contributed by atoms with van der Waals surface area (Å²) >= 11 is 1.79. The van der Waals surface area contributed by atoms with Gasteiger partial charge in [0, 0.05) is 18.0 Å². The first-order valence-corrected chi connectivity index (χ1v) is 8.39. The zero-order chi connectivity index (χ0) is 14.3. The van der Waals surface area contributed by atoms with E-state index in [-0.39, 0.29) is 0 Å². The summed E-state index contributed by atoms with van der Waals surface area (Å²) in [5.74, 6) is 1.92. The quantitative estimate of drug-likeness (QED) is 0.810. The Bertz CT molecular complexity index is 535. The van der Waals surface area contributed by atoms with Crippen LogP contribution in [0.3, 0.4) is 0 Å². The highest BCUT2D eigenvalue weighted by molar-refractivity contribution is 7.10. The lowest BCUT2D eigenvalue weighted by molar-refractivity contribution is 0.0375. The molecule has 4 heteroatoms. The molecule has 0 aliphatic carbocycles. The van der Waals surface area contributed by atoms with Crippen molar-refractivity contribution in [1.82, 2.24) is 4.90 Å². The highest BCUT2D eigenvalue weighted by Crippen LogP contribution is 2.30. The third kappa shape index (κ3) is 4.30. The maximum absolute atomic E-state index is 5.97. The second-order valence-corrected chi connectivity index (χ2v) is 6.18. The minimum absolute atomic E-state index is 0.876. The Morgan fingerprint density at radius 1 is 1.10 bits per heavy atom. The van der Waals surface area contributed by atoms with Gasteiger partial charge in [-0.15, -0.1) is 11.3 Å². The SMILES string of the molecule is c1ccc(Oc2ccsc2CCCN2CCOCC2)cc1. The van der Waals surface area contributed by atoms with Gasteiger partial charge in [0.15, 0.2) is 0 Å². The van der Waals surface area contributed by atoms with Crippen molar-refractivity contribution in [3.05, 3.63) is 46.7 Å². The van der Waals surface area contributed by atoms with E-state index in [1.165, 1.54) is 11.3 Å². The number of para-hydroxylation sites is 1. The summed E-state index contributed by atoms with van der Waals surface area (Å²) in [4.78, 5) is 3.82. The van der Waals surface area contributed by atoms with E-state index in [0.29, 0.717) is 0 Å². The number of morpholine rings is 1. The van der Waals surface area contributed by atoms with Crippen LogP contribution in [0.5, 0.6) is 11.5 Å². The first-order chi connectivity index (χ1) is 10.4. The van der Waals surface area contributed by atoms with E-state index in [1.807, 2.05) is 30.3 Å². The fourth-order valence-corrected chi connectivity index (χ4v) is 3.35. The maximum Gasteiger partial charge on any atom is 0.141 e. The smallest absolute Gasteiger partial charge is 0.141 e. The van der Waals surface area contributed by atoms with Crippen molar-refractivity contribution in [2.75, 3.05) is 32.8 Å². The van der Waals surface area contributed by atoms with Gasteiger partial charge >= 0.3 is 0 Å². The number of rotatable bonds is 6. The zero-order valence-corrected chi connectivity index (χ0v) is 13.0. The van der Waals surface area contributed by atoms with E-state index in [4.69, 9.17) is 9.47 Å². The van der Waals surface area contributed by atoms with E-state index in [2.05, 4.69) is 16.3 Å². The Hall–Kier alpha value is -1.36. The predicted octanol–water partition coefficient (Wildman–Crippen LogP) is 3.81. The van der Waals surface area contributed by atoms with Crippen molar-refractivity contribution in [3.8, 4) is 11.5 Å². The minimum atomic E-state index is 0.876.